The smallest absolute Gasteiger partial charge is 0.304 e. The highest BCUT2D eigenvalue weighted by molar-refractivity contribution is 5.67. The molecular weight excluding hydrogens is 412 g/mol. The van der Waals surface area contributed by atoms with Gasteiger partial charge in [-0.05, 0) is 60.8 Å². The van der Waals surface area contributed by atoms with Gasteiger partial charge in [-0.25, -0.2) is 0 Å². The summed E-state index contributed by atoms with van der Waals surface area (Å²) in [6.07, 6.45) is 7.10. The molecule has 3 fully saturated rings. The number of esters is 2. The molecule has 0 aromatic carbocycles. The van der Waals surface area contributed by atoms with Gasteiger partial charge in [0.1, 0.15) is 18.3 Å². The van der Waals surface area contributed by atoms with Crippen molar-refractivity contribution in [3.63, 3.8) is 0 Å². The summed E-state index contributed by atoms with van der Waals surface area (Å²) in [7, 11) is 0. The molecule has 0 bridgehead atoms. The summed E-state index contributed by atoms with van der Waals surface area (Å²) in [5, 5.41) is 33.3. The van der Waals surface area contributed by atoms with E-state index < -0.39 is 47.4 Å². The number of rotatable bonds is 2. The molecule has 7 heteroatoms. The Hall–Kier alpha value is -1.88. The van der Waals surface area contributed by atoms with Gasteiger partial charge in [-0.2, -0.15) is 0 Å². The number of terminal acetylenes is 1. The second kappa shape index (κ2) is 7.58. The van der Waals surface area contributed by atoms with Crippen LogP contribution in [0.15, 0.2) is 11.6 Å². The van der Waals surface area contributed by atoms with Gasteiger partial charge < -0.3 is 24.8 Å². The minimum absolute atomic E-state index is 0.0570. The Morgan fingerprint density at radius 1 is 1.09 bits per heavy atom. The number of ether oxygens (including phenoxy) is 2. The van der Waals surface area contributed by atoms with Gasteiger partial charge in [-0.3, -0.25) is 9.59 Å². The van der Waals surface area contributed by atoms with Crippen LogP contribution in [0.2, 0.25) is 0 Å². The Morgan fingerprint density at radius 3 is 2.38 bits per heavy atom. The van der Waals surface area contributed by atoms with E-state index in [0.717, 1.165) is 12.0 Å². The summed E-state index contributed by atoms with van der Waals surface area (Å²) in [6, 6.07) is 0. The van der Waals surface area contributed by atoms with Crippen LogP contribution in [0.25, 0.3) is 0 Å². The van der Waals surface area contributed by atoms with Gasteiger partial charge in [0.2, 0.25) is 5.60 Å². The predicted octanol–water partition coefficient (Wildman–Crippen LogP) is 1.73. The topological polar surface area (TPSA) is 113 Å². The van der Waals surface area contributed by atoms with Crippen molar-refractivity contribution in [3.8, 4) is 12.3 Å². The molecule has 0 saturated heterocycles. The summed E-state index contributed by atoms with van der Waals surface area (Å²) < 4.78 is 11.0. The van der Waals surface area contributed by atoms with E-state index in [-0.39, 0.29) is 23.2 Å². The highest BCUT2D eigenvalue weighted by Gasteiger charge is 2.70. The monoisotopic (exact) mass is 446 g/mol. The van der Waals surface area contributed by atoms with E-state index in [9.17, 15) is 24.9 Å². The minimum atomic E-state index is -1.43. The van der Waals surface area contributed by atoms with Gasteiger partial charge >= 0.3 is 11.9 Å². The fraction of sp³-hybridized carbons (Fsp3) is 0.760. The minimum Gasteiger partial charge on any atom is -0.459 e. The maximum atomic E-state index is 11.9. The van der Waals surface area contributed by atoms with Crippen LogP contribution in [0.3, 0.4) is 0 Å². The first-order valence-corrected chi connectivity index (χ1v) is 11.5. The molecule has 0 unspecified atom stereocenters. The first kappa shape index (κ1) is 23.3. The number of aliphatic hydroxyl groups excluding tert-OH is 3. The Kier molecular flexibility index (Phi) is 5.51. The van der Waals surface area contributed by atoms with Crippen LogP contribution in [0.5, 0.6) is 0 Å². The largest absolute Gasteiger partial charge is 0.459 e. The average molecular weight is 447 g/mol. The van der Waals surface area contributed by atoms with Crippen LogP contribution in [-0.2, 0) is 19.1 Å². The van der Waals surface area contributed by atoms with Crippen LogP contribution in [-0.4, -0.2) is 57.3 Å². The molecule has 0 aromatic heterocycles. The van der Waals surface area contributed by atoms with E-state index >= 15 is 0 Å². The quantitative estimate of drug-likeness (QED) is 0.336. The van der Waals surface area contributed by atoms with E-state index in [1.807, 2.05) is 6.92 Å². The predicted molar refractivity (Wildman–Crippen MR) is 115 cm³/mol. The number of hydrogen-bond acceptors (Lipinski definition) is 7. The number of hydrogen-bond donors (Lipinski definition) is 3. The van der Waals surface area contributed by atoms with E-state index in [0.29, 0.717) is 25.7 Å². The Labute approximate surface area is 189 Å². The lowest BCUT2D eigenvalue weighted by molar-refractivity contribution is -0.183. The van der Waals surface area contributed by atoms with Crippen molar-refractivity contribution in [1.82, 2.24) is 0 Å². The van der Waals surface area contributed by atoms with Gasteiger partial charge in [-0.15, -0.1) is 6.42 Å². The zero-order valence-corrected chi connectivity index (χ0v) is 19.2. The molecule has 0 amide bonds. The second-order valence-electron chi connectivity index (χ2n) is 10.6. The SMILES string of the molecule is C#C[C@]1(OC(C)=O)[C@H](O)C[C@H]2[C@@H]3[C@@H](O)C=C4[C@@H](O)[C@H](OC(C)=O)CC[C@]4(C)[C@H]3CC[C@@]21C. The maximum Gasteiger partial charge on any atom is 0.304 e. The van der Waals surface area contributed by atoms with Crippen molar-refractivity contribution >= 4 is 11.9 Å². The number of carbonyl (C=O) groups excluding carboxylic acids is 2. The fourth-order valence-electron chi connectivity index (χ4n) is 7.73. The van der Waals surface area contributed by atoms with Gasteiger partial charge in [-0.1, -0.05) is 25.8 Å². The number of fused-ring (bicyclic) bond motifs is 5. The summed E-state index contributed by atoms with van der Waals surface area (Å²) in [5.74, 6) is 1.37. The van der Waals surface area contributed by atoms with E-state index in [1.165, 1.54) is 13.8 Å². The van der Waals surface area contributed by atoms with Crippen molar-refractivity contribution in [2.24, 2.45) is 28.6 Å². The van der Waals surface area contributed by atoms with Gasteiger partial charge in [0.25, 0.3) is 0 Å². The fourth-order valence-corrected chi connectivity index (χ4v) is 7.73. The van der Waals surface area contributed by atoms with Crippen molar-refractivity contribution in [3.05, 3.63) is 11.6 Å². The standard InChI is InChI=1S/C25H34O7/c1-6-25(32-14(3)27)20(29)12-16-21-15(7-10-24(16,25)5)23(4)9-8-19(31-13(2)26)22(30)17(23)11-18(21)28/h1,11,15-16,18-22,28-30H,7-10,12H2,2-5H3/t15-,16-,18-,19+,20+,21+,22+,23+,24-,25-/m0/s1. The molecule has 10 atom stereocenters. The third-order valence-electron chi connectivity index (χ3n) is 9.20. The first-order chi connectivity index (χ1) is 14.9. The Balaban J connectivity index is 1.73. The molecule has 4 aliphatic carbocycles. The third kappa shape index (κ3) is 2.99. The van der Waals surface area contributed by atoms with Crippen LogP contribution in [0.1, 0.15) is 59.8 Å². The molecule has 3 saturated carbocycles. The van der Waals surface area contributed by atoms with E-state index in [4.69, 9.17) is 15.9 Å². The molecule has 0 spiro atoms. The van der Waals surface area contributed by atoms with Crippen LogP contribution in [0, 0.1) is 40.9 Å². The zero-order chi connectivity index (χ0) is 23.6. The molecule has 4 aliphatic rings. The van der Waals surface area contributed by atoms with E-state index in [2.05, 4.69) is 12.8 Å². The molecule has 0 aliphatic heterocycles. The summed E-state index contributed by atoms with van der Waals surface area (Å²) in [6.45, 7) is 6.70. The van der Waals surface area contributed by atoms with Crippen molar-refractivity contribution in [2.75, 3.05) is 0 Å². The van der Waals surface area contributed by atoms with Crippen molar-refractivity contribution in [1.29, 1.82) is 0 Å². The summed E-state index contributed by atoms with van der Waals surface area (Å²) in [4.78, 5) is 23.4. The normalized spacial score (nSPS) is 49.6. The zero-order valence-electron chi connectivity index (χ0n) is 19.2. The summed E-state index contributed by atoms with van der Waals surface area (Å²) in [5.41, 5.74) is -1.74. The van der Waals surface area contributed by atoms with Crippen LogP contribution < -0.4 is 0 Å². The molecule has 4 rings (SSSR count). The Morgan fingerprint density at radius 2 is 1.78 bits per heavy atom. The summed E-state index contributed by atoms with van der Waals surface area (Å²) >= 11 is 0. The number of aliphatic hydroxyl groups is 3. The molecule has 32 heavy (non-hydrogen) atoms. The lowest BCUT2D eigenvalue weighted by Gasteiger charge is -2.60. The lowest BCUT2D eigenvalue weighted by Crippen LogP contribution is -2.60. The molecule has 0 heterocycles. The van der Waals surface area contributed by atoms with Crippen molar-refractivity contribution < 1.29 is 34.4 Å². The Bertz CT molecular complexity index is 889. The molecular formula is C25H34O7. The van der Waals surface area contributed by atoms with Gasteiger partial charge in [0.05, 0.1) is 6.10 Å². The highest BCUT2D eigenvalue weighted by atomic mass is 16.6. The van der Waals surface area contributed by atoms with Gasteiger partial charge in [0, 0.05) is 19.3 Å². The first-order valence-electron chi connectivity index (χ1n) is 11.5. The molecule has 3 N–H and O–H groups in total. The molecule has 0 radical (unpaired) electrons. The van der Waals surface area contributed by atoms with Crippen LogP contribution >= 0.6 is 0 Å². The maximum absolute atomic E-state index is 11.9. The second-order valence-corrected chi connectivity index (χ2v) is 10.6. The van der Waals surface area contributed by atoms with Crippen LogP contribution in [0.4, 0.5) is 0 Å². The lowest BCUT2D eigenvalue weighted by atomic mass is 9.46. The van der Waals surface area contributed by atoms with Crippen molar-refractivity contribution in [2.45, 2.75) is 89.8 Å². The van der Waals surface area contributed by atoms with Gasteiger partial charge in [0.15, 0.2) is 0 Å². The third-order valence-corrected chi connectivity index (χ3v) is 9.20. The average Bonchev–Trinajstić information content (AvgIpc) is 2.92. The highest BCUT2D eigenvalue weighted by Crippen LogP contribution is 2.67. The molecule has 176 valence electrons. The molecule has 7 nitrogen and oxygen atoms in total. The van der Waals surface area contributed by atoms with E-state index in [1.54, 1.807) is 6.08 Å². The number of carbonyl (C=O) groups is 2. The molecule has 0 aromatic rings.